The number of methoxy groups -OCH3 is 1. The standard InChI is InChI=1S/C18H16N2O4S/c1-3-24-15-5-4-11(8-16(15)23-2)14(6-7-19)20-17(21)12-9-25-10-13(12)18(20)22/h4-5,8-10,14H,3,6H2,1-2H3. The fraction of sp³-hybridized carbons (Fsp3) is 0.278. The Kier molecular flexibility index (Phi) is 4.72. The fourth-order valence-electron chi connectivity index (χ4n) is 2.87. The maximum atomic E-state index is 12.6. The van der Waals surface area contributed by atoms with Crippen molar-refractivity contribution in [2.45, 2.75) is 19.4 Å². The van der Waals surface area contributed by atoms with E-state index in [9.17, 15) is 14.9 Å². The lowest BCUT2D eigenvalue weighted by Crippen LogP contribution is -2.34. The quantitative estimate of drug-likeness (QED) is 0.741. The first-order valence-corrected chi connectivity index (χ1v) is 8.68. The third-order valence-electron chi connectivity index (χ3n) is 4.03. The van der Waals surface area contributed by atoms with Gasteiger partial charge in [-0.3, -0.25) is 14.5 Å². The van der Waals surface area contributed by atoms with E-state index in [-0.39, 0.29) is 18.2 Å². The van der Waals surface area contributed by atoms with Gasteiger partial charge in [0.15, 0.2) is 11.5 Å². The molecule has 0 saturated heterocycles. The van der Waals surface area contributed by atoms with E-state index < -0.39 is 6.04 Å². The van der Waals surface area contributed by atoms with Gasteiger partial charge in [-0.1, -0.05) is 6.07 Å². The van der Waals surface area contributed by atoms with Crippen LogP contribution in [0.15, 0.2) is 29.0 Å². The molecule has 3 rings (SSSR count). The summed E-state index contributed by atoms with van der Waals surface area (Å²) in [5, 5.41) is 12.5. The number of fused-ring (bicyclic) bond motifs is 1. The highest BCUT2D eigenvalue weighted by Gasteiger charge is 2.41. The van der Waals surface area contributed by atoms with Crippen LogP contribution in [0.2, 0.25) is 0 Å². The molecule has 1 aliphatic heterocycles. The number of amides is 2. The van der Waals surface area contributed by atoms with E-state index in [4.69, 9.17) is 9.47 Å². The van der Waals surface area contributed by atoms with E-state index in [1.807, 2.05) is 6.92 Å². The lowest BCUT2D eigenvalue weighted by molar-refractivity contribution is 0.0584. The molecular weight excluding hydrogens is 340 g/mol. The topological polar surface area (TPSA) is 79.6 Å². The van der Waals surface area contributed by atoms with Crippen molar-refractivity contribution in [3.05, 3.63) is 45.6 Å². The molecule has 1 aromatic carbocycles. The molecule has 2 aromatic rings. The van der Waals surface area contributed by atoms with Crippen molar-refractivity contribution in [2.24, 2.45) is 0 Å². The van der Waals surface area contributed by atoms with Crippen molar-refractivity contribution in [2.75, 3.05) is 13.7 Å². The Balaban J connectivity index is 2.00. The van der Waals surface area contributed by atoms with Crippen molar-refractivity contribution in [3.8, 4) is 17.6 Å². The maximum Gasteiger partial charge on any atom is 0.263 e. The minimum absolute atomic E-state index is 0.00230. The largest absolute Gasteiger partial charge is 0.493 e. The van der Waals surface area contributed by atoms with Gasteiger partial charge in [0.25, 0.3) is 11.8 Å². The zero-order valence-corrected chi connectivity index (χ0v) is 14.6. The second kappa shape index (κ2) is 6.95. The summed E-state index contributed by atoms with van der Waals surface area (Å²) in [5.74, 6) is 0.335. The van der Waals surface area contributed by atoms with Crippen molar-refractivity contribution in [1.29, 1.82) is 5.26 Å². The van der Waals surface area contributed by atoms with Crippen LogP contribution in [0.1, 0.15) is 45.7 Å². The van der Waals surface area contributed by atoms with Crippen LogP contribution >= 0.6 is 11.3 Å². The van der Waals surface area contributed by atoms with Gasteiger partial charge in [-0.05, 0) is 24.6 Å². The highest BCUT2D eigenvalue weighted by Crippen LogP contribution is 2.38. The summed E-state index contributed by atoms with van der Waals surface area (Å²) in [6.07, 6.45) is 0.00230. The van der Waals surface area contributed by atoms with Crippen LogP contribution in [-0.4, -0.2) is 30.4 Å². The highest BCUT2D eigenvalue weighted by atomic mass is 32.1. The minimum Gasteiger partial charge on any atom is -0.493 e. The predicted molar refractivity (Wildman–Crippen MR) is 92.0 cm³/mol. The molecule has 25 heavy (non-hydrogen) atoms. The molecule has 2 amide bonds. The molecule has 1 aliphatic rings. The van der Waals surface area contributed by atoms with Gasteiger partial charge in [-0.25, -0.2) is 0 Å². The summed E-state index contributed by atoms with van der Waals surface area (Å²) < 4.78 is 10.8. The van der Waals surface area contributed by atoms with Crippen LogP contribution in [0.3, 0.4) is 0 Å². The van der Waals surface area contributed by atoms with Crippen molar-refractivity contribution >= 4 is 23.2 Å². The SMILES string of the molecule is CCOc1ccc(C(CC#N)N2C(=O)c3cscc3C2=O)cc1OC. The summed E-state index contributed by atoms with van der Waals surface area (Å²) in [7, 11) is 1.52. The Hall–Kier alpha value is -2.85. The molecule has 0 radical (unpaired) electrons. The van der Waals surface area contributed by atoms with E-state index in [1.54, 1.807) is 29.0 Å². The van der Waals surface area contributed by atoms with Crippen molar-refractivity contribution in [1.82, 2.24) is 4.90 Å². The number of hydrogen-bond acceptors (Lipinski definition) is 6. The molecular formula is C18H16N2O4S. The number of carbonyl (C=O) groups excluding carboxylic acids is 2. The van der Waals surface area contributed by atoms with E-state index in [2.05, 4.69) is 6.07 Å². The lowest BCUT2D eigenvalue weighted by atomic mass is 10.0. The lowest BCUT2D eigenvalue weighted by Gasteiger charge is -2.25. The molecule has 1 atom stereocenters. The first kappa shape index (κ1) is 17.0. The predicted octanol–water partition coefficient (Wildman–Crippen LogP) is 3.41. The summed E-state index contributed by atoms with van der Waals surface area (Å²) >= 11 is 1.32. The molecule has 0 saturated carbocycles. The number of hydrogen-bond donors (Lipinski definition) is 0. The van der Waals surface area contributed by atoms with E-state index in [1.165, 1.54) is 18.4 Å². The van der Waals surface area contributed by atoms with Crippen LogP contribution in [-0.2, 0) is 0 Å². The third-order valence-corrected chi connectivity index (χ3v) is 4.77. The van der Waals surface area contributed by atoms with Gasteiger partial charge < -0.3 is 9.47 Å². The average Bonchev–Trinajstić information content (AvgIpc) is 3.18. The summed E-state index contributed by atoms with van der Waals surface area (Å²) in [4.78, 5) is 26.4. The zero-order valence-electron chi connectivity index (χ0n) is 13.8. The molecule has 1 unspecified atom stereocenters. The number of nitrogens with zero attached hydrogens (tertiary/aromatic N) is 2. The fourth-order valence-corrected chi connectivity index (χ4v) is 3.67. The maximum absolute atomic E-state index is 12.6. The molecule has 2 heterocycles. The molecule has 0 aliphatic carbocycles. The second-order valence-corrected chi connectivity index (χ2v) is 6.14. The third kappa shape index (κ3) is 2.85. The number of carbonyl (C=O) groups is 2. The Morgan fingerprint density at radius 1 is 1.20 bits per heavy atom. The van der Waals surface area contributed by atoms with E-state index in [0.29, 0.717) is 34.8 Å². The Labute approximate surface area is 149 Å². The summed E-state index contributed by atoms with van der Waals surface area (Å²) in [5.41, 5.74) is 1.45. The number of thiophene rings is 1. The van der Waals surface area contributed by atoms with Crippen LogP contribution in [0, 0.1) is 11.3 Å². The zero-order chi connectivity index (χ0) is 18.0. The number of nitriles is 1. The van der Waals surface area contributed by atoms with Crippen LogP contribution < -0.4 is 9.47 Å². The Morgan fingerprint density at radius 3 is 2.44 bits per heavy atom. The highest BCUT2D eigenvalue weighted by molar-refractivity contribution is 7.08. The van der Waals surface area contributed by atoms with Crippen molar-refractivity contribution < 1.29 is 19.1 Å². The molecule has 1 aromatic heterocycles. The molecule has 7 heteroatoms. The summed E-state index contributed by atoms with van der Waals surface area (Å²) in [6, 6.07) is 6.57. The summed E-state index contributed by atoms with van der Waals surface area (Å²) in [6.45, 7) is 2.35. The monoisotopic (exact) mass is 356 g/mol. The van der Waals surface area contributed by atoms with Crippen LogP contribution in [0.5, 0.6) is 11.5 Å². The van der Waals surface area contributed by atoms with Crippen LogP contribution in [0.25, 0.3) is 0 Å². The van der Waals surface area contributed by atoms with Gasteiger partial charge in [0.1, 0.15) is 0 Å². The van der Waals surface area contributed by atoms with E-state index >= 15 is 0 Å². The number of benzene rings is 1. The first-order valence-electron chi connectivity index (χ1n) is 7.74. The Bertz CT molecular complexity index is 838. The van der Waals surface area contributed by atoms with Gasteiger partial charge in [-0.15, -0.1) is 0 Å². The van der Waals surface area contributed by atoms with Crippen molar-refractivity contribution in [3.63, 3.8) is 0 Å². The smallest absolute Gasteiger partial charge is 0.263 e. The van der Waals surface area contributed by atoms with Crippen LogP contribution in [0.4, 0.5) is 0 Å². The van der Waals surface area contributed by atoms with Gasteiger partial charge in [-0.2, -0.15) is 16.6 Å². The molecule has 0 spiro atoms. The van der Waals surface area contributed by atoms with Gasteiger partial charge in [0.2, 0.25) is 0 Å². The number of ether oxygens (including phenoxy) is 2. The van der Waals surface area contributed by atoms with E-state index in [0.717, 1.165) is 4.90 Å². The van der Waals surface area contributed by atoms with Gasteiger partial charge in [0, 0.05) is 10.8 Å². The first-order chi connectivity index (χ1) is 12.1. The molecule has 6 nitrogen and oxygen atoms in total. The van der Waals surface area contributed by atoms with Gasteiger partial charge >= 0.3 is 0 Å². The molecule has 0 N–H and O–H groups in total. The normalized spacial score (nSPS) is 14.2. The second-order valence-electron chi connectivity index (χ2n) is 5.40. The Morgan fingerprint density at radius 2 is 1.88 bits per heavy atom. The van der Waals surface area contributed by atoms with Gasteiger partial charge in [0.05, 0.1) is 43.4 Å². The molecule has 128 valence electrons. The minimum atomic E-state index is -0.674. The average molecular weight is 356 g/mol. The molecule has 0 bridgehead atoms. The number of rotatable bonds is 6. The molecule has 0 fully saturated rings. The number of imide groups is 1.